The van der Waals surface area contributed by atoms with Gasteiger partial charge in [-0.25, -0.2) is 0 Å². The van der Waals surface area contributed by atoms with Crippen LogP contribution in [0.25, 0.3) is 21.5 Å². The monoisotopic (exact) mass is 564 g/mol. The maximum atomic E-state index is 6.07. The number of unbranched alkanes of at least 4 members (excludes halogenated alkanes) is 5. The Kier molecular flexibility index (Phi) is 13.5. The van der Waals surface area contributed by atoms with Gasteiger partial charge >= 0.3 is 0 Å². The molecule has 0 fully saturated rings. The largest absolute Gasteiger partial charge is 0.489 e. The maximum Gasteiger partial charge on any atom is 0.124 e. The Morgan fingerprint density at radius 3 is 1.40 bits per heavy atom. The van der Waals surface area contributed by atoms with E-state index in [4.69, 9.17) is 9.47 Å². The van der Waals surface area contributed by atoms with Gasteiger partial charge in [-0.1, -0.05) is 111 Å². The molecule has 0 aliphatic rings. The molecule has 0 aliphatic carbocycles. The van der Waals surface area contributed by atoms with Gasteiger partial charge in [-0.15, -0.1) is 0 Å². The van der Waals surface area contributed by atoms with Crippen molar-refractivity contribution < 1.29 is 9.47 Å². The van der Waals surface area contributed by atoms with Crippen LogP contribution in [0.1, 0.15) is 63.5 Å². The van der Waals surface area contributed by atoms with Crippen LogP contribution in [0, 0.1) is 0 Å². The Morgan fingerprint density at radius 1 is 0.524 bits per heavy atom. The lowest BCUT2D eigenvalue weighted by molar-refractivity contribution is 0.358. The van der Waals surface area contributed by atoms with E-state index >= 15 is 0 Å². The number of rotatable bonds is 19. The van der Waals surface area contributed by atoms with Crippen molar-refractivity contribution in [1.29, 1.82) is 0 Å². The summed E-state index contributed by atoms with van der Waals surface area (Å²) in [7, 11) is 0. The van der Waals surface area contributed by atoms with Gasteiger partial charge in [0.2, 0.25) is 0 Å². The van der Waals surface area contributed by atoms with E-state index in [1.54, 1.807) is 0 Å². The van der Waals surface area contributed by atoms with Crippen LogP contribution in [0.4, 0.5) is 0 Å². The molecule has 4 nitrogen and oxygen atoms in total. The minimum absolute atomic E-state index is 0.604. The van der Waals surface area contributed by atoms with Crippen molar-refractivity contribution in [1.82, 2.24) is 10.6 Å². The number of hydrogen-bond donors (Lipinski definition) is 2. The standard InChI is InChI=1S/C38H48N2O2/c1-3-5-27-41-37-23-21-31-17-11-13-19-33(31)35(37)29-39-25-15-9-7-8-10-16-26-40-30-36-34-20-14-12-18-32(34)22-24-38(36)42-28-6-4-2/h3-6,11-14,17-24,39-40H,7-10,15-16,25-30H2,1-2H3/b5-3+,6-4+. The van der Waals surface area contributed by atoms with Crippen molar-refractivity contribution in [3.05, 3.63) is 108 Å². The number of ether oxygens (including phenoxy) is 2. The zero-order valence-electron chi connectivity index (χ0n) is 25.5. The molecular formula is C38H48N2O2. The molecule has 4 aromatic carbocycles. The first-order chi connectivity index (χ1) is 20.8. The molecule has 0 saturated carbocycles. The fourth-order valence-corrected chi connectivity index (χ4v) is 5.37. The minimum Gasteiger partial charge on any atom is -0.489 e. The van der Waals surface area contributed by atoms with Crippen molar-refractivity contribution in [2.45, 2.75) is 65.5 Å². The van der Waals surface area contributed by atoms with E-state index in [1.165, 1.54) is 71.2 Å². The smallest absolute Gasteiger partial charge is 0.124 e. The Bertz CT molecular complexity index is 1320. The molecule has 0 aliphatic heterocycles. The summed E-state index contributed by atoms with van der Waals surface area (Å²) in [5.74, 6) is 1.96. The van der Waals surface area contributed by atoms with Gasteiger partial charge < -0.3 is 20.1 Å². The zero-order chi connectivity index (χ0) is 29.2. The summed E-state index contributed by atoms with van der Waals surface area (Å²) in [6, 6.07) is 25.7. The lowest BCUT2D eigenvalue weighted by Crippen LogP contribution is -2.16. The topological polar surface area (TPSA) is 42.5 Å². The minimum atomic E-state index is 0.604. The van der Waals surface area contributed by atoms with E-state index in [9.17, 15) is 0 Å². The highest BCUT2D eigenvalue weighted by Crippen LogP contribution is 2.29. The van der Waals surface area contributed by atoms with Crippen molar-refractivity contribution in [3.8, 4) is 11.5 Å². The van der Waals surface area contributed by atoms with Crippen molar-refractivity contribution in [2.75, 3.05) is 26.3 Å². The number of fused-ring (bicyclic) bond motifs is 2. The van der Waals surface area contributed by atoms with Gasteiger partial charge in [0.15, 0.2) is 0 Å². The first-order valence-electron chi connectivity index (χ1n) is 15.7. The molecule has 42 heavy (non-hydrogen) atoms. The molecular weight excluding hydrogens is 516 g/mol. The molecule has 0 heterocycles. The Balaban J connectivity index is 1.12. The fraction of sp³-hybridized carbons (Fsp3) is 0.368. The lowest BCUT2D eigenvalue weighted by Gasteiger charge is -2.15. The van der Waals surface area contributed by atoms with Gasteiger partial charge in [-0.05, 0) is 73.5 Å². The normalized spacial score (nSPS) is 11.8. The Morgan fingerprint density at radius 2 is 0.952 bits per heavy atom. The zero-order valence-corrected chi connectivity index (χ0v) is 25.5. The molecule has 0 atom stereocenters. The van der Waals surface area contributed by atoms with Crippen LogP contribution in [0.5, 0.6) is 11.5 Å². The summed E-state index contributed by atoms with van der Waals surface area (Å²) in [6.07, 6.45) is 15.7. The summed E-state index contributed by atoms with van der Waals surface area (Å²) >= 11 is 0. The second-order valence-electron chi connectivity index (χ2n) is 10.8. The summed E-state index contributed by atoms with van der Waals surface area (Å²) in [5, 5.41) is 12.4. The van der Waals surface area contributed by atoms with Crippen LogP contribution in [-0.4, -0.2) is 26.3 Å². The second kappa shape index (κ2) is 18.0. The predicted molar refractivity (Wildman–Crippen MR) is 180 cm³/mol. The first-order valence-corrected chi connectivity index (χ1v) is 15.7. The van der Waals surface area contributed by atoms with E-state index in [-0.39, 0.29) is 0 Å². The lowest BCUT2D eigenvalue weighted by atomic mass is 10.0. The molecule has 0 spiro atoms. The van der Waals surface area contributed by atoms with E-state index in [0.29, 0.717) is 13.2 Å². The summed E-state index contributed by atoms with van der Waals surface area (Å²) in [4.78, 5) is 0. The average molecular weight is 565 g/mol. The highest BCUT2D eigenvalue weighted by atomic mass is 16.5. The molecule has 0 saturated heterocycles. The molecule has 0 amide bonds. The average Bonchev–Trinajstić information content (AvgIpc) is 3.02. The van der Waals surface area contributed by atoms with Crippen LogP contribution in [0.3, 0.4) is 0 Å². The van der Waals surface area contributed by atoms with Crippen LogP contribution >= 0.6 is 0 Å². The molecule has 222 valence electrons. The molecule has 2 N–H and O–H groups in total. The summed E-state index contributed by atoms with van der Waals surface area (Å²) < 4.78 is 12.1. The quantitative estimate of drug-likeness (QED) is 0.0880. The van der Waals surface area contributed by atoms with Gasteiger partial charge in [-0.3, -0.25) is 0 Å². The van der Waals surface area contributed by atoms with E-state index in [1.807, 2.05) is 38.2 Å². The van der Waals surface area contributed by atoms with Crippen LogP contribution < -0.4 is 20.1 Å². The molecule has 0 bridgehead atoms. The van der Waals surface area contributed by atoms with Gasteiger partial charge in [-0.2, -0.15) is 0 Å². The van der Waals surface area contributed by atoms with Crippen molar-refractivity contribution in [2.24, 2.45) is 0 Å². The first kappa shape index (κ1) is 31.3. The van der Waals surface area contributed by atoms with Crippen LogP contribution in [0.15, 0.2) is 97.1 Å². The van der Waals surface area contributed by atoms with Gasteiger partial charge in [0.05, 0.1) is 0 Å². The third-order valence-corrected chi connectivity index (χ3v) is 7.70. The number of benzene rings is 4. The third kappa shape index (κ3) is 9.47. The molecule has 4 heteroatoms. The molecule has 0 aromatic heterocycles. The van der Waals surface area contributed by atoms with Gasteiger partial charge in [0.25, 0.3) is 0 Å². The Hall–Kier alpha value is -3.60. The van der Waals surface area contributed by atoms with Gasteiger partial charge in [0.1, 0.15) is 24.7 Å². The molecule has 4 aromatic rings. The summed E-state index contributed by atoms with van der Waals surface area (Å²) in [5.41, 5.74) is 2.51. The van der Waals surface area contributed by atoms with Gasteiger partial charge in [0, 0.05) is 24.2 Å². The molecule has 0 radical (unpaired) electrons. The van der Waals surface area contributed by atoms with E-state index in [0.717, 1.165) is 37.7 Å². The van der Waals surface area contributed by atoms with Crippen molar-refractivity contribution in [3.63, 3.8) is 0 Å². The third-order valence-electron chi connectivity index (χ3n) is 7.70. The highest BCUT2D eigenvalue weighted by molar-refractivity contribution is 5.88. The van der Waals surface area contributed by atoms with Crippen LogP contribution in [-0.2, 0) is 13.1 Å². The molecule has 0 unspecified atom stereocenters. The molecule has 4 rings (SSSR count). The fourth-order valence-electron chi connectivity index (χ4n) is 5.37. The van der Waals surface area contributed by atoms with Crippen molar-refractivity contribution >= 4 is 21.5 Å². The highest BCUT2D eigenvalue weighted by Gasteiger charge is 2.10. The van der Waals surface area contributed by atoms with E-state index < -0.39 is 0 Å². The maximum absolute atomic E-state index is 6.07. The number of nitrogens with one attached hydrogen (secondary N) is 2. The number of allylic oxidation sites excluding steroid dienone is 2. The summed E-state index contributed by atoms with van der Waals surface area (Å²) in [6.45, 7) is 8.98. The second-order valence-corrected chi connectivity index (χ2v) is 10.8. The van der Waals surface area contributed by atoms with Crippen LogP contribution in [0.2, 0.25) is 0 Å². The number of hydrogen-bond acceptors (Lipinski definition) is 4. The Labute approximate surface area is 252 Å². The van der Waals surface area contributed by atoms with E-state index in [2.05, 4.69) is 83.4 Å². The predicted octanol–water partition coefficient (Wildman–Crippen LogP) is 9.12. The SMILES string of the molecule is C/C=C/COc1ccc2ccccc2c1CNCCCCCCCCNCc1c(OC/C=C/C)ccc2ccccc12.